The van der Waals surface area contributed by atoms with Crippen molar-refractivity contribution in [1.29, 1.82) is 0 Å². The van der Waals surface area contributed by atoms with Gasteiger partial charge in [-0.15, -0.1) is 12.4 Å². The fourth-order valence-electron chi connectivity index (χ4n) is 4.95. The van der Waals surface area contributed by atoms with Crippen molar-refractivity contribution in [3.63, 3.8) is 0 Å². The highest BCUT2D eigenvalue weighted by Crippen LogP contribution is 2.28. The Morgan fingerprint density at radius 2 is 1.85 bits per heavy atom. The number of fused-ring (bicyclic) bond motifs is 1. The van der Waals surface area contributed by atoms with Crippen LogP contribution in [0.5, 0.6) is 0 Å². The first-order valence-electron chi connectivity index (χ1n) is 10.2. The van der Waals surface area contributed by atoms with Gasteiger partial charge in [-0.1, -0.05) is 25.1 Å². The molecule has 2 unspecified atom stereocenters. The van der Waals surface area contributed by atoms with Gasteiger partial charge in [0, 0.05) is 12.3 Å². The van der Waals surface area contributed by atoms with Crippen molar-refractivity contribution in [2.75, 3.05) is 25.9 Å². The number of hydrogen-bond donors (Lipinski definition) is 1. The van der Waals surface area contributed by atoms with Gasteiger partial charge in [0.25, 0.3) is 0 Å². The van der Waals surface area contributed by atoms with Crippen LogP contribution in [0.4, 0.5) is 0 Å². The number of benzene rings is 1. The van der Waals surface area contributed by atoms with Crippen LogP contribution in [0.15, 0.2) is 18.2 Å². The first-order valence-corrected chi connectivity index (χ1v) is 12.1. The number of rotatable bonds is 7. The van der Waals surface area contributed by atoms with Gasteiger partial charge in [0.1, 0.15) is 5.37 Å². The van der Waals surface area contributed by atoms with Crippen molar-refractivity contribution < 1.29 is 8.42 Å². The molecule has 27 heavy (non-hydrogen) atoms. The van der Waals surface area contributed by atoms with Crippen LogP contribution in [0.25, 0.3) is 0 Å². The van der Waals surface area contributed by atoms with Gasteiger partial charge in [0.05, 0.1) is 0 Å². The Morgan fingerprint density at radius 3 is 2.48 bits per heavy atom. The Labute approximate surface area is 171 Å². The van der Waals surface area contributed by atoms with Crippen molar-refractivity contribution in [3.05, 3.63) is 34.9 Å². The number of aryl methyl sites for hydroxylation is 2. The van der Waals surface area contributed by atoms with Crippen LogP contribution in [0, 0.1) is 5.92 Å². The van der Waals surface area contributed by atoms with E-state index in [-0.39, 0.29) is 29.7 Å². The Hall–Kier alpha value is -0.620. The predicted octanol–water partition coefficient (Wildman–Crippen LogP) is 3.22. The van der Waals surface area contributed by atoms with E-state index in [0.717, 1.165) is 38.9 Å². The minimum Gasteiger partial charge on any atom is -0.317 e. The Kier molecular flexibility index (Phi) is 8.17. The molecule has 0 spiro atoms. The molecule has 154 valence electrons. The molecule has 1 N–H and O–H groups in total. The van der Waals surface area contributed by atoms with E-state index in [4.69, 9.17) is 0 Å². The van der Waals surface area contributed by atoms with E-state index in [1.807, 2.05) is 0 Å². The average Bonchev–Trinajstić information content (AvgIpc) is 3.06. The first kappa shape index (κ1) is 22.7. The molecular weight excluding hydrogens is 380 g/mol. The van der Waals surface area contributed by atoms with Gasteiger partial charge < -0.3 is 5.32 Å². The summed E-state index contributed by atoms with van der Waals surface area (Å²) in [5, 5.41) is 3.00. The molecule has 1 saturated heterocycles. The average molecular weight is 415 g/mol. The highest BCUT2D eigenvalue weighted by molar-refractivity contribution is 7.91. The molecule has 0 radical (unpaired) electrons. The number of sulfone groups is 1. The summed E-state index contributed by atoms with van der Waals surface area (Å²) in [5.74, 6) is 0.230. The van der Waals surface area contributed by atoms with Gasteiger partial charge in [-0.3, -0.25) is 4.90 Å². The molecule has 1 aromatic carbocycles. The second-order valence-electron chi connectivity index (χ2n) is 8.15. The van der Waals surface area contributed by atoms with E-state index in [0.29, 0.717) is 0 Å². The minimum absolute atomic E-state index is 0. The maximum atomic E-state index is 12.7. The highest BCUT2D eigenvalue weighted by Gasteiger charge is 2.37. The molecule has 1 heterocycles. The lowest BCUT2D eigenvalue weighted by atomic mass is 9.95. The summed E-state index contributed by atoms with van der Waals surface area (Å²) in [6, 6.07) is 7.09. The summed E-state index contributed by atoms with van der Waals surface area (Å²) in [7, 11) is -3.12. The smallest absolute Gasteiger partial charge is 0.163 e. The summed E-state index contributed by atoms with van der Waals surface area (Å²) >= 11 is 0. The minimum atomic E-state index is -3.12. The molecule has 0 aromatic heterocycles. The van der Waals surface area contributed by atoms with Gasteiger partial charge in [-0.05, 0) is 87.7 Å². The van der Waals surface area contributed by atoms with Gasteiger partial charge in [0.15, 0.2) is 9.84 Å². The molecule has 1 aromatic rings. The highest BCUT2D eigenvalue weighted by atomic mass is 35.5. The molecule has 4 nitrogen and oxygen atoms in total. The van der Waals surface area contributed by atoms with Gasteiger partial charge in [-0.2, -0.15) is 0 Å². The molecule has 0 bridgehead atoms. The van der Waals surface area contributed by atoms with Crippen molar-refractivity contribution in [2.45, 2.75) is 63.8 Å². The molecule has 1 aliphatic carbocycles. The van der Waals surface area contributed by atoms with Gasteiger partial charge in [0.2, 0.25) is 0 Å². The first-order chi connectivity index (χ1) is 12.4. The fraction of sp³-hybridized carbons (Fsp3) is 0.714. The lowest BCUT2D eigenvalue weighted by molar-refractivity contribution is 0.138. The number of hydrogen-bond acceptors (Lipinski definition) is 4. The number of piperidine rings is 1. The molecular formula is C21H35ClN2O2S. The lowest BCUT2D eigenvalue weighted by Crippen LogP contribution is -2.52. The zero-order chi connectivity index (χ0) is 18.7. The normalized spacial score (nSPS) is 20.1. The zero-order valence-corrected chi connectivity index (χ0v) is 18.5. The van der Waals surface area contributed by atoms with Crippen LogP contribution in [-0.4, -0.2) is 50.6 Å². The predicted molar refractivity (Wildman–Crippen MR) is 115 cm³/mol. The molecule has 0 amide bonds. The van der Waals surface area contributed by atoms with E-state index < -0.39 is 9.84 Å². The van der Waals surface area contributed by atoms with Crippen LogP contribution in [0.3, 0.4) is 0 Å². The van der Waals surface area contributed by atoms with Crippen LogP contribution in [0.1, 0.15) is 49.8 Å². The molecule has 2 atom stereocenters. The summed E-state index contributed by atoms with van der Waals surface area (Å²) in [5.41, 5.74) is 4.34. The van der Waals surface area contributed by atoms with Crippen LogP contribution in [-0.2, 0) is 29.1 Å². The van der Waals surface area contributed by atoms with Crippen molar-refractivity contribution >= 4 is 22.2 Å². The van der Waals surface area contributed by atoms with E-state index >= 15 is 0 Å². The van der Waals surface area contributed by atoms with E-state index in [1.54, 1.807) is 0 Å². The summed E-state index contributed by atoms with van der Waals surface area (Å²) in [6.45, 7) is 6.91. The standard InChI is InChI=1S/C21H34N2O2S.ClH/c1-4-23(21(26(3,24)25)19-10-12-22-13-11-19)16(2)14-17-8-9-18-6-5-7-20(18)15-17;/h8-9,15-16,19,21-22H,4-7,10-14H2,1-3H3;1H. The van der Waals surface area contributed by atoms with Gasteiger partial charge >= 0.3 is 0 Å². The molecule has 6 heteroatoms. The van der Waals surface area contributed by atoms with Crippen molar-refractivity contribution in [3.8, 4) is 0 Å². The monoisotopic (exact) mass is 414 g/mol. The maximum absolute atomic E-state index is 12.7. The summed E-state index contributed by atoms with van der Waals surface area (Å²) < 4.78 is 25.4. The number of likely N-dealkylation sites (N-methyl/N-ethyl adjacent to an activating group) is 1. The zero-order valence-electron chi connectivity index (χ0n) is 16.9. The fourth-order valence-corrected chi connectivity index (χ4v) is 6.77. The van der Waals surface area contributed by atoms with E-state index in [9.17, 15) is 8.42 Å². The van der Waals surface area contributed by atoms with Crippen molar-refractivity contribution in [2.24, 2.45) is 5.92 Å². The number of nitrogens with one attached hydrogen (secondary N) is 1. The molecule has 0 saturated carbocycles. The third kappa shape index (κ3) is 5.47. The molecule has 1 aliphatic heterocycles. The Morgan fingerprint density at radius 1 is 1.19 bits per heavy atom. The molecule has 2 aliphatic rings. The quantitative estimate of drug-likeness (QED) is 0.744. The second-order valence-corrected chi connectivity index (χ2v) is 10.3. The number of halogens is 1. The maximum Gasteiger partial charge on any atom is 0.163 e. The SMILES string of the molecule is CCN(C(C)Cc1ccc2c(c1)CCC2)C(C1CCNCC1)S(C)(=O)=O.Cl. The largest absolute Gasteiger partial charge is 0.317 e. The van der Waals surface area contributed by atoms with Crippen molar-refractivity contribution in [1.82, 2.24) is 10.2 Å². The van der Waals surface area contributed by atoms with E-state index in [1.165, 1.54) is 42.2 Å². The third-order valence-electron chi connectivity index (χ3n) is 6.18. The molecule has 1 fully saturated rings. The second kappa shape index (κ2) is 9.73. The molecule has 3 rings (SSSR count). The van der Waals surface area contributed by atoms with Crippen LogP contribution < -0.4 is 5.32 Å². The number of nitrogens with zero attached hydrogens (tertiary/aromatic N) is 1. The van der Waals surface area contributed by atoms with Crippen LogP contribution in [0.2, 0.25) is 0 Å². The third-order valence-corrected chi connectivity index (χ3v) is 7.71. The summed E-state index contributed by atoms with van der Waals surface area (Å²) in [6.07, 6.45) is 7.89. The Bertz CT molecular complexity index is 717. The lowest BCUT2D eigenvalue weighted by Gasteiger charge is -2.40. The topological polar surface area (TPSA) is 49.4 Å². The van der Waals surface area contributed by atoms with Crippen LogP contribution >= 0.6 is 12.4 Å². The van der Waals surface area contributed by atoms with Gasteiger partial charge in [-0.25, -0.2) is 8.42 Å². The Balaban J connectivity index is 0.00000261. The van der Waals surface area contributed by atoms with E-state index in [2.05, 4.69) is 42.3 Å². The summed E-state index contributed by atoms with van der Waals surface area (Å²) in [4.78, 5) is 2.23.